The maximum Gasteiger partial charge on any atom is 0.196 e. The van der Waals surface area contributed by atoms with Gasteiger partial charge < -0.3 is 10.1 Å². The lowest BCUT2D eigenvalue weighted by Crippen LogP contribution is -2.54. The van der Waals surface area contributed by atoms with Gasteiger partial charge in [-0.25, -0.2) is 9.78 Å². The summed E-state index contributed by atoms with van der Waals surface area (Å²) < 4.78 is 6.27. The first-order valence-corrected chi connectivity index (χ1v) is 11.7. The third-order valence-electron chi connectivity index (χ3n) is 6.97. The van der Waals surface area contributed by atoms with Crippen molar-refractivity contribution in [3.05, 3.63) is 66.2 Å². The third-order valence-corrected chi connectivity index (χ3v) is 6.97. The first-order valence-electron chi connectivity index (χ1n) is 11.7. The van der Waals surface area contributed by atoms with Crippen molar-refractivity contribution in [2.24, 2.45) is 5.92 Å². The molecule has 5 aromatic rings. The van der Waals surface area contributed by atoms with Gasteiger partial charge in [-0.2, -0.15) is 0 Å². The minimum absolute atomic E-state index is 0.183. The Hall–Kier alpha value is -2.92. The first-order chi connectivity index (χ1) is 15.8. The minimum Gasteiger partial charge on any atom is -0.357 e. The lowest BCUT2D eigenvalue weighted by atomic mass is 9.88. The fourth-order valence-corrected chi connectivity index (χ4v) is 5.14. The van der Waals surface area contributed by atoms with Crippen LogP contribution in [0, 0.1) is 12.8 Å². The molecule has 0 aliphatic carbocycles. The zero-order chi connectivity index (χ0) is 22.9. The number of hydrogen-bond donors (Lipinski definition) is 1. The van der Waals surface area contributed by atoms with Crippen LogP contribution in [0.15, 0.2) is 60.7 Å². The monoisotopic (exact) mass is 439 g/mol. The van der Waals surface area contributed by atoms with Crippen LogP contribution in [0.25, 0.3) is 43.1 Å². The summed E-state index contributed by atoms with van der Waals surface area (Å²) in [6.45, 7) is 10.3. The molecule has 1 fully saturated rings. The molecule has 2 atom stereocenters. The molecule has 0 bridgehead atoms. The highest BCUT2D eigenvalue weighted by Gasteiger charge is 2.41. The number of benzene rings is 5. The van der Waals surface area contributed by atoms with Crippen molar-refractivity contribution in [3.8, 4) is 0 Å². The minimum atomic E-state index is -0.638. The molecule has 4 nitrogen and oxygen atoms in total. The topological polar surface area (TPSA) is 39.7 Å². The van der Waals surface area contributed by atoms with Crippen LogP contribution in [0.4, 0.5) is 5.69 Å². The van der Waals surface area contributed by atoms with Crippen LogP contribution in [0.3, 0.4) is 0 Å². The number of fused-ring (bicyclic) bond motifs is 2. The van der Waals surface area contributed by atoms with E-state index in [9.17, 15) is 0 Å². The number of anilines is 1. The molecule has 1 aliphatic rings. The summed E-state index contributed by atoms with van der Waals surface area (Å²) in [5, 5.41) is 13.9. The Bertz CT molecular complexity index is 1480. The highest BCUT2D eigenvalue weighted by Crippen LogP contribution is 2.43. The molecule has 2 unspecified atom stereocenters. The molecule has 1 heterocycles. The van der Waals surface area contributed by atoms with Crippen LogP contribution in [-0.4, -0.2) is 18.1 Å². The van der Waals surface area contributed by atoms with Crippen molar-refractivity contribution in [2.45, 2.75) is 52.7 Å². The summed E-state index contributed by atoms with van der Waals surface area (Å²) in [6.07, 6.45) is -0.763. The second-order valence-electron chi connectivity index (χ2n) is 10.1. The Morgan fingerprint density at radius 3 is 2.03 bits per heavy atom. The van der Waals surface area contributed by atoms with Gasteiger partial charge in [0.1, 0.15) is 5.60 Å². The van der Waals surface area contributed by atoms with E-state index < -0.39 is 11.9 Å². The van der Waals surface area contributed by atoms with Gasteiger partial charge in [-0.05, 0) is 70.1 Å². The van der Waals surface area contributed by atoms with Gasteiger partial charge in [-0.1, -0.05) is 68.4 Å². The molecule has 0 amide bonds. The van der Waals surface area contributed by atoms with Gasteiger partial charge in [0.2, 0.25) is 0 Å². The highest BCUT2D eigenvalue weighted by molar-refractivity contribution is 6.34. The number of aryl methyl sites for hydroxylation is 1. The summed E-state index contributed by atoms with van der Waals surface area (Å²) in [5.41, 5.74) is 1.70. The molecule has 0 aromatic heterocycles. The Kier molecular flexibility index (Phi) is 4.57. The van der Waals surface area contributed by atoms with E-state index in [-0.39, 0.29) is 12.1 Å². The van der Waals surface area contributed by atoms with E-state index in [0.29, 0.717) is 0 Å². The average molecular weight is 440 g/mol. The molecule has 0 saturated carbocycles. The fourth-order valence-electron chi connectivity index (χ4n) is 5.14. The molecule has 168 valence electrons. The maximum absolute atomic E-state index is 6.27. The van der Waals surface area contributed by atoms with Gasteiger partial charge in [0, 0.05) is 17.0 Å². The molecular weight excluding hydrogens is 410 g/mol. The van der Waals surface area contributed by atoms with Gasteiger partial charge in [0.25, 0.3) is 0 Å². The van der Waals surface area contributed by atoms with Crippen LogP contribution in [0.1, 0.15) is 33.3 Å². The fraction of sp³-hybridized carbons (Fsp3) is 0.310. The molecule has 0 spiro atoms. The quantitative estimate of drug-likeness (QED) is 0.179. The third kappa shape index (κ3) is 3.09. The molecule has 1 aliphatic heterocycles. The van der Waals surface area contributed by atoms with Gasteiger partial charge in [-0.15, -0.1) is 0 Å². The SMILES string of the molecule is Cc1ccc2c3cccc4c(NC5OC(C(C)C)OOC5(C)C)ccc(c5cccc1c25)c43. The van der Waals surface area contributed by atoms with Crippen molar-refractivity contribution in [3.63, 3.8) is 0 Å². The second-order valence-corrected chi connectivity index (χ2v) is 10.1. The van der Waals surface area contributed by atoms with E-state index in [1.165, 1.54) is 48.7 Å². The van der Waals surface area contributed by atoms with Crippen LogP contribution in [-0.2, 0) is 14.5 Å². The van der Waals surface area contributed by atoms with Gasteiger partial charge in [-0.3, -0.25) is 0 Å². The standard InChI is InChI=1S/C29H29NO3/c1-16(2)27-31-28(29(4,5)33-32-27)30-24-15-14-22-19-9-6-8-18-17(3)12-13-21(25(18)19)20-10-7-11-23(24)26(20)22/h6-16,27-28,30H,1-5H3. The Morgan fingerprint density at radius 2 is 1.33 bits per heavy atom. The zero-order valence-electron chi connectivity index (χ0n) is 19.7. The van der Waals surface area contributed by atoms with Crippen LogP contribution in [0.5, 0.6) is 0 Å². The van der Waals surface area contributed by atoms with Gasteiger partial charge >= 0.3 is 0 Å². The predicted molar refractivity (Wildman–Crippen MR) is 136 cm³/mol. The summed E-state index contributed by atoms with van der Waals surface area (Å²) in [4.78, 5) is 11.2. The van der Waals surface area contributed by atoms with Crippen LogP contribution in [0.2, 0.25) is 0 Å². The van der Waals surface area contributed by atoms with Crippen LogP contribution < -0.4 is 5.32 Å². The maximum atomic E-state index is 6.27. The second kappa shape index (κ2) is 7.29. The summed E-state index contributed by atoms with van der Waals surface area (Å²) in [6, 6.07) is 22.1. The van der Waals surface area contributed by atoms with E-state index in [1.807, 2.05) is 13.8 Å². The average Bonchev–Trinajstić information content (AvgIpc) is 2.80. The molecule has 0 radical (unpaired) electrons. The largest absolute Gasteiger partial charge is 0.357 e. The predicted octanol–water partition coefficient (Wildman–Crippen LogP) is 7.52. The van der Waals surface area contributed by atoms with Gasteiger partial charge in [0.15, 0.2) is 12.5 Å². The molecule has 1 N–H and O–H groups in total. The summed E-state index contributed by atoms with van der Waals surface area (Å²) >= 11 is 0. The first kappa shape index (κ1) is 20.7. The Morgan fingerprint density at radius 1 is 0.758 bits per heavy atom. The lowest BCUT2D eigenvalue weighted by molar-refractivity contribution is -0.485. The molecule has 5 aromatic carbocycles. The van der Waals surface area contributed by atoms with E-state index in [1.54, 1.807) is 0 Å². The van der Waals surface area contributed by atoms with E-state index in [0.717, 1.165) is 5.69 Å². The molecule has 4 heteroatoms. The summed E-state index contributed by atoms with van der Waals surface area (Å²) in [7, 11) is 0. The molecule has 6 rings (SSSR count). The van der Waals surface area contributed by atoms with Crippen molar-refractivity contribution < 1.29 is 14.5 Å². The summed E-state index contributed by atoms with van der Waals surface area (Å²) in [5.74, 6) is 0.183. The van der Waals surface area contributed by atoms with Crippen molar-refractivity contribution in [2.75, 3.05) is 5.32 Å². The zero-order valence-corrected chi connectivity index (χ0v) is 19.7. The van der Waals surface area contributed by atoms with Gasteiger partial charge in [0.05, 0.1) is 0 Å². The Balaban J connectivity index is 1.57. The number of hydrogen-bond acceptors (Lipinski definition) is 4. The van der Waals surface area contributed by atoms with Crippen molar-refractivity contribution >= 4 is 48.8 Å². The highest BCUT2D eigenvalue weighted by atomic mass is 17.2. The molecular formula is C29H29NO3. The normalized spacial score (nSPS) is 21.0. The smallest absolute Gasteiger partial charge is 0.196 e. The number of rotatable bonds is 3. The van der Waals surface area contributed by atoms with Crippen molar-refractivity contribution in [1.82, 2.24) is 0 Å². The van der Waals surface area contributed by atoms with E-state index >= 15 is 0 Å². The Labute approximate surface area is 193 Å². The van der Waals surface area contributed by atoms with E-state index in [4.69, 9.17) is 14.5 Å². The number of ether oxygens (including phenoxy) is 1. The van der Waals surface area contributed by atoms with Crippen LogP contribution >= 0.6 is 0 Å². The molecule has 33 heavy (non-hydrogen) atoms. The lowest BCUT2D eigenvalue weighted by Gasteiger charge is -2.42. The number of nitrogens with one attached hydrogen (secondary N) is 1. The molecule has 1 saturated heterocycles. The van der Waals surface area contributed by atoms with E-state index in [2.05, 4.69) is 86.8 Å². The van der Waals surface area contributed by atoms with Crippen molar-refractivity contribution in [1.29, 1.82) is 0 Å².